The Bertz CT molecular complexity index is 1050. The third-order valence-electron chi connectivity index (χ3n) is 4.79. The third kappa shape index (κ3) is 3.83. The van der Waals surface area contributed by atoms with Crippen molar-refractivity contribution in [1.29, 1.82) is 0 Å². The maximum absolute atomic E-state index is 12.6. The number of halogens is 1. The van der Waals surface area contributed by atoms with Crippen molar-refractivity contribution in [2.24, 2.45) is 0 Å². The first-order valence-corrected chi connectivity index (χ1v) is 9.90. The number of rotatable bonds is 4. The SMILES string of the molecule is O=C(NCCn1c(=O)oc2ccccc21)N1CCOC(c2ccccc2Br)C1. The molecule has 1 atom stereocenters. The molecule has 0 bridgehead atoms. The lowest BCUT2D eigenvalue weighted by Crippen LogP contribution is -2.48. The molecule has 8 heteroatoms. The highest BCUT2D eigenvalue weighted by Gasteiger charge is 2.26. The minimum Gasteiger partial charge on any atom is -0.408 e. The molecule has 146 valence electrons. The zero-order chi connectivity index (χ0) is 19.5. The molecule has 1 saturated heterocycles. The van der Waals surface area contributed by atoms with Gasteiger partial charge in [-0.3, -0.25) is 4.57 Å². The number of fused-ring (bicyclic) bond motifs is 1. The monoisotopic (exact) mass is 445 g/mol. The maximum Gasteiger partial charge on any atom is 0.420 e. The van der Waals surface area contributed by atoms with Crippen LogP contribution in [-0.4, -0.2) is 41.7 Å². The van der Waals surface area contributed by atoms with Crippen LogP contribution in [0.15, 0.2) is 62.2 Å². The van der Waals surface area contributed by atoms with E-state index in [0.717, 1.165) is 15.6 Å². The van der Waals surface area contributed by atoms with Gasteiger partial charge in [-0.05, 0) is 23.8 Å². The Kier molecular flexibility index (Phi) is 5.50. The summed E-state index contributed by atoms with van der Waals surface area (Å²) < 4.78 is 13.5. The number of carbonyl (C=O) groups excluding carboxylic acids is 1. The highest BCUT2D eigenvalue weighted by atomic mass is 79.9. The van der Waals surface area contributed by atoms with Crippen LogP contribution in [0, 0.1) is 0 Å². The lowest BCUT2D eigenvalue weighted by Gasteiger charge is -2.33. The van der Waals surface area contributed by atoms with E-state index in [4.69, 9.17) is 9.15 Å². The first-order chi connectivity index (χ1) is 13.6. The molecule has 28 heavy (non-hydrogen) atoms. The average molecular weight is 446 g/mol. The van der Waals surface area contributed by atoms with E-state index >= 15 is 0 Å². The molecule has 1 fully saturated rings. The predicted octanol–water partition coefficient (Wildman–Crippen LogP) is 3.14. The fraction of sp³-hybridized carbons (Fsp3) is 0.300. The van der Waals surface area contributed by atoms with Gasteiger partial charge in [-0.15, -0.1) is 0 Å². The zero-order valence-corrected chi connectivity index (χ0v) is 16.7. The van der Waals surface area contributed by atoms with E-state index in [1.165, 1.54) is 4.57 Å². The summed E-state index contributed by atoms with van der Waals surface area (Å²) in [4.78, 5) is 26.3. The summed E-state index contributed by atoms with van der Waals surface area (Å²) >= 11 is 3.54. The molecule has 0 spiro atoms. The predicted molar refractivity (Wildman–Crippen MR) is 108 cm³/mol. The molecule has 3 aromatic rings. The Morgan fingerprint density at radius 1 is 1.18 bits per heavy atom. The number of morpholine rings is 1. The van der Waals surface area contributed by atoms with Crippen molar-refractivity contribution in [2.75, 3.05) is 26.2 Å². The molecule has 4 rings (SSSR count). The lowest BCUT2D eigenvalue weighted by molar-refractivity contribution is -0.0157. The van der Waals surface area contributed by atoms with Crippen LogP contribution in [0.5, 0.6) is 0 Å². The lowest BCUT2D eigenvalue weighted by atomic mass is 10.1. The van der Waals surface area contributed by atoms with Gasteiger partial charge in [0.15, 0.2) is 5.58 Å². The van der Waals surface area contributed by atoms with E-state index in [1.807, 2.05) is 42.5 Å². The Hall–Kier alpha value is -2.58. The van der Waals surface area contributed by atoms with Crippen molar-refractivity contribution in [3.63, 3.8) is 0 Å². The molecular formula is C20H20BrN3O4. The van der Waals surface area contributed by atoms with Crippen molar-refractivity contribution >= 4 is 33.1 Å². The van der Waals surface area contributed by atoms with E-state index in [-0.39, 0.29) is 12.1 Å². The zero-order valence-electron chi connectivity index (χ0n) is 15.1. The van der Waals surface area contributed by atoms with Crippen molar-refractivity contribution in [3.8, 4) is 0 Å². The molecule has 2 amide bonds. The van der Waals surface area contributed by atoms with Crippen LogP contribution in [0.2, 0.25) is 0 Å². The first-order valence-electron chi connectivity index (χ1n) is 9.10. The van der Waals surface area contributed by atoms with E-state index in [2.05, 4.69) is 21.2 Å². The molecule has 0 aliphatic carbocycles. The van der Waals surface area contributed by atoms with Gasteiger partial charge in [0.2, 0.25) is 0 Å². The minimum absolute atomic E-state index is 0.166. The molecule has 1 aromatic heterocycles. The van der Waals surface area contributed by atoms with Crippen LogP contribution in [0.25, 0.3) is 11.1 Å². The van der Waals surface area contributed by atoms with Gasteiger partial charge in [-0.2, -0.15) is 0 Å². The summed E-state index contributed by atoms with van der Waals surface area (Å²) in [6.07, 6.45) is -0.171. The number of para-hydroxylation sites is 2. The molecule has 0 saturated carbocycles. The van der Waals surface area contributed by atoms with Crippen molar-refractivity contribution in [2.45, 2.75) is 12.6 Å². The van der Waals surface area contributed by atoms with Gasteiger partial charge in [0, 0.05) is 24.1 Å². The normalized spacial score (nSPS) is 17.0. The van der Waals surface area contributed by atoms with Crippen LogP contribution in [-0.2, 0) is 11.3 Å². The number of carbonyl (C=O) groups is 1. The van der Waals surface area contributed by atoms with Crippen molar-refractivity contribution in [3.05, 3.63) is 69.1 Å². The summed E-state index contributed by atoms with van der Waals surface area (Å²) in [7, 11) is 0. The van der Waals surface area contributed by atoms with E-state index in [9.17, 15) is 9.59 Å². The second-order valence-corrected chi connectivity index (χ2v) is 7.40. The summed E-state index contributed by atoms with van der Waals surface area (Å²) in [6.45, 7) is 2.16. The van der Waals surface area contributed by atoms with Crippen molar-refractivity contribution < 1.29 is 13.9 Å². The molecule has 1 unspecified atom stereocenters. The first kappa shape index (κ1) is 18.8. The number of urea groups is 1. The van der Waals surface area contributed by atoms with E-state index in [1.54, 1.807) is 11.0 Å². The number of nitrogens with one attached hydrogen (secondary N) is 1. The van der Waals surface area contributed by atoms with Crippen LogP contribution in [0.4, 0.5) is 4.79 Å². The molecule has 7 nitrogen and oxygen atoms in total. The second kappa shape index (κ2) is 8.20. The Morgan fingerprint density at radius 3 is 2.82 bits per heavy atom. The average Bonchev–Trinajstić information content (AvgIpc) is 3.04. The van der Waals surface area contributed by atoms with E-state index in [0.29, 0.717) is 38.4 Å². The molecule has 1 aliphatic rings. The largest absolute Gasteiger partial charge is 0.420 e. The smallest absolute Gasteiger partial charge is 0.408 e. The fourth-order valence-corrected chi connectivity index (χ4v) is 3.91. The van der Waals surface area contributed by atoms with Gasteiger partial charge in [0.1, 0.15) is 6.10 Å². The number of hydrogen-bond acceptors (Lipinski definition) is 4. The maximum atomic E-state index is 12.6. The number of oxazole rings is 1. The van der Waals surface area contributed by atoms with Gasteiger partial charge in [-0.1, -0.05) is 46.3 Å². The minimum atomic E-state index is -0.421. The molecule has 0 radical (unpaired) electrons. The summed E-state index contributed by atoms with van der Waals surface area (Å²) in [6, 6.07) is 14.9. The Labute approximate surface area is 170 Å². The van der Waals surface area contributed by atoms with Crippen LogP contribution < -0.4 is 11.1 Å². The van der Waals surface area contributed by atoms with E-state index < -0.39 is 5.76 Å². The summed E-state index contributed by atoms with van der Waals surface area (Å²) in [5.41, 5.74) is 2.29. The molecule has 2 heterocycles. The number of hydrogen-bond donors (Lipinski definition) is 1. The quantitative estimate of drug-likeness (QED) is 0.668. The second-order valence-electron chi connectivity index (χ2n) is 6.55. The molecular weight excluding hydrogens is 426 g/mol. The van der Waals surface area contributed by atoms with Gasteiger partial charge in [-0.25, -0.2) is 9.59 Å². The third-order valence-corrected chi connectivity index (χ3v) is 5.51. The Balaban J connectivity index is 1.36. The highest BCUT2D eigenvalue weighted by Crippen LogP contribution is 2.28. The van der Waals surface area contributed by atoms with Gasteiger partial charge < -0.3 is 19.4 Å². The van der Waals surface area contributed by atoms with Gasteiger partial charge in [0.05, 0.1) is 18.7 Å². The van der Waals surface area contributed by atoms with Gasteiger partial charge in [0.25, 0.3) is 0 Å². The van der Waals surface area contributed by atoms with Crippen LogP contribution >= 0.6 is 15.9 Å². The summed E-state index contributed by atoms with van der Waals surface area (Å²) in [5, 5.41) is 2.89. The molecule has 2 aromatic carbocycles. The number of benzene rings is 2. The van der Waals surface area contributed by atoms with Crippen molar-refractivity contribution in [1.82, 2.24) is 14.8 Å². The number of nitrogens with zero attached hydrogens (tertiary/aromatic N) is 2. The standard InChI is InChI=1S/C20H20BrN3O4/c21-15-6-2-1-5-14(15)18-13-23(11-12-27-18)19(25)22-9-10-24-16-7-3-4-8-17(16)28-20(24)26/h1-8,18H,9-13H2,(H,22,25). The van der Waals surface area contributed by atoms with Crippen LogP contribution in [0.3, 0.4) is 0 Å². The van der Waals surface area contributed by atoms with Crippen LogP contribution in [0.1, 0.15) is 11.7 Å². The molecule has 1 aliphatic heterocycles. The number of amides is 2. The number of aromatic nitrogens is 1. The fourth-order valence-electron chi connectivity index (χ4n) is 3.37. The number of ether oxygens (including phenoxy) is 1. The Morgan fingerprint density at radius 2 is 1.96 bits per heavy atom. The summed E-state index contributed by atoms with van der Waals surface area (Å²) in [5.74, 6) is -0.421. The van der Waals surface area contributed by atoms with Gasteiger partial charge >= 0.3 is 11.8 Å². The highest BCUT2D eigenvalue weighted by molar-refractivity contribution is 9.10. The molecule has 1 N–H and O–H groups in total. The topological polar surface area (TPSA) is 76.7 Å².